The lowest BCUT2D eigenvalue weighted by Crippen LogP contribution is -2.41. The summed E-state index contributed by atoms with van der Waals surface area (Å²) in [5.41, 5.74) is 1.43. The van der Waals surface area contributed by atoms with Crippen LogP contribution in [0.1, 0.15) is 18.9 Å². The molecule has 0 saturated carbocycles. The Bertz CT molecular complexity index is 427. The van der Waals surface area contributed by atoms with E-state index in [1.807, 2.05) is 37.4 Å². The molecule has 1 aromatic rings. The number of nitrogens with zero attached hydrogens (tertiary/aromatic N) is 1. The zero-order valence-electron chi connectivity index (χ0n) is 12.5. The first-order valence-electron chi connectivity index (χ1n) is 7.27. The van der Waals surface area contributed by atoms with Crippen molar-refractivity contribution in [1.82, 2.24) is 15.5 Å². The summed E-state index contributed by atoms with van der Waals surface area (Å²) in [6, 6.07) is 10.0. The summed E-state index contributed by atoms with van der Waals surface area (Å²) in [7, 11) is 2.02. The van der Waals surface area contributed by atoms with Gasteiger partial charge in [0, 0.05) is 19.6 Å². The van der Waals surface area contributed by atoms with E-state index >= 15 is 0 Å². The molecule has 1 aromatic carbocycles. The Morgan fingerprint density at radius 1 is 1.40 bits per heavy atom. The molecule has 20 heavy (non-hydrogen) atoms. The molecule has 110 valence electrons. The number of carbonyl (C=O) groups excluding carboxylic acids is 1. The van der Waals surface area contributed by atoms with Crippen molar-refractivity contribution in [1.29, 1.82) is 0 Å². The van der Waals surface area contributed by atoms with E-state index in [0.29, 0.717) is 18.5 Å². The molecule has 0 aromatic heterocycles. The van der Waals surface area contributed by atoms with Gasteiger partial charge in [0.15, 0.2) is 0 Å². The van der Waals surface area contributed by atoms with Gasteiger partial charge in [-0.25, -0.2) is 0 Å². The molecule has 2 rings (SSSR count). The number of benzene rings is 1. The minimum Gasteiger partial charge on any atom is -0.351 e. The van der Waals surface area contributed by atoms with Gasteiger partial charge in [-0.1, -0.05) is 37.3 Å². The maximum absolute atomic E-state index is 11.9. The molecule has 0 bridgehead atoms. The normalized spacial score (nSPS) is 22.1. The van der Waals surface area contributed by atoms with Crippen LogP contribution in [0.3, 0.4) is 0 Å². The number of hydrogen-bond acceptors (Lipinski definition) is 3. The van der Waals surface area contributed by atoms with Crippen molar-refractivity contribution in [2.45, 2.75) is 19.9 Å². The number of likely N-dealkylation sites (N-methyl/N-ethyl adjacent to an activating group) is 1. The smallest absolute Gasteiger partial charge is 0.234 e. The first kappa shape index (κ1) is 15.0. The van der Waals surface area contributed by atoms with Crippen LogP contribution >= 0.6 is 0 Å². The Hall–Kier alpha value is -1.39. The Balaban J connectivity index is 1.71. The van der Waals surface area contributed by atoms with Gasteiger partial charge >= 0.3 is 0 Å². The fourth-order valence-electron chi connectivity index (χ4n) is 2.81. The van der Waals surface area contributed by atoms with E-state index in [-0.39, 0.29) is 5.91 Å². The third-order valence-electron chi connectivity index (χ3n) is 3.85. The molecular weight excluding hydrogens is 250 g/mol. The molecule has 4 heteroatoms. The Morgan fingerprint density at radius 2 is 2.15 bits per heavy atom. The monoisotopic (exact) mass is 275 g/mol. The zero-order valence-corrected chi connectivity index (χ0v) is 12.5. The lowest BCUT2D eigenvalue weighted by molar-refractivity contribution is -0.122. The Kier molecular flexibility index (Phi) is 5.15. The van der Waals surface area contributed by atoms with Gasteiger partial charge < -0.3 is 10.6 Å². The van der Waals surface area contributed by atoms with Crippen molar-refractivity contribution in [2.24, 2.45) is 5.41 Å². The number of rotatable bonds is 6. The lowest BCUT2D eigenvalue weighted by Gasteiger charge is -2.28. The van der Waals surface area contributed by atoms with Crippen LogP contribution in [0.2, 0.25) is 0 Å². The van der Waals surface area contributed by atoms with Crippen molar-refractivity contribution < 1.29 is 4.79 Å². The van der Waals surface area contributed by atoms with Gasteiger partial charge in [-0.15, -0.1) is 0 Å². The molecule has 1 heterocycles. The predicted octanol–water partition coefficient (Wildman–Crippen LogP) is 1.23. The van der Waals surface area contributed by atoms with E-state index < -0.39 is 0 Å². The summed E-state index contributed by atoms with van der Waals surface area (Å²) >= 11 is 0. The maximum Gasteiger partial charge on any atom is 0.234 e. The average molecular weight is 275 g/mol. The highest BCUT2D eigenvalue weighted by Crippen LogP contribution is 2.24. The van der Waals surface area contributed by atoms with Crippen molar-refractivity contribution in [3.63, 3.8) is 0 Å². The molecule has 1 fully saturated rings. The molecular formula is C16H25N3O. The number of carbonyl (C=O) groups is 1. The van der Waals surface area contributed by atoms with Crippen molar-refractivity contribution in [2.75, 3.05) is 33.2 Å². The minimum absolute atomic E-state index is 0.0888. The molecule has 0 spiro atoms. The average Bonchev–Trinajstić information content (AvgIpc) is 2.83. The van der Waals surface area contributed by atoms with Crippen LogP contribution in [0.5, 0.6) is 0 Å². The van der Waals surface area contributed by atoms with Gasteiger partial charge in [-0.05, 0) is 31.0 Å². The van der Waals surface area contributed by atoms with Crippen LogP contribution < -0.4 is 10.6 Å². The second-order valence-corrected chi connectivity index (χ2v) is 6.17. The largest absolute Gasteiger partial charge is 0.351 e. The van der Waals surface area contributed by atoms with Crippen LogP contribution in [-0.4, -0.2) is 44.0 Å². The summed E-state index contributed by atoms with van der Waals surface area (Å²) in [5.74, 6) is 0.0888. The van der Waals surface area contributed by atoms with Crippen LogP contribution in [0.4, 0.5) is 0 Å². The maximum atomic E-state index is 11.9. The van der Waals surface area contributed by atoms with Gasteiger partial charge in [0.25, 0.3) is 0 Å². The highest BCUT2D eigenvalue weighted by atomic mass is 16.2. The number of amides is 1. The van der Waals surface area contributed by atoms with Gasteiger partial charge in [-0.3, -0.25) is 9.69 Å². The topological polar surface area (TPSA) is 44.4 Å². The fourth-order valence-corrected chi connectivity index (χ4v) is 2.81. The standard InChI is InChI=1S/C16H25N3O/c1-16(8-9-17-12-16)13-19(2)11-15(20)18-10-14-6-4-3-5-7-14/h3-7,17H,8-13H2,1-2H3,(H,18,20). The van der Waals surface area contributed by atoms with Gasteiger partial charge in [-0.2, -0.15) is 0 Å². The van der Waals surface area contributed by atoms with E-state index in [0.717, 1.165) is 25.2 Å². The van der Waals surface area contributed by atoms with Gasteiger partial charge in [0.05, 0.1) is 6.54 Å². The van der Waals surface area contributed by atoms with E-state index in [1.54, 1.807) is 0 Å². The molecule has 0 radical (unpaired) electrons. The number of hydrogen-bond donors (Lipinski definition) is 2. The third-order valence-corrected chi connectivity index (χ3v) is 3.85. The second-order valence-electron chi connectivity index (χ2n) is 6.17. The molecule has 1 atom stereocenters. The van der Waals surface area contributed by atoms with Crippen LogP contribution in [0.25, 0.3) is 0 Å². The van der Waals surface area contributed by atoms with Crippen molar-refractivity contribution in [3.05, 3.63) is 35.9 Å². The molecule has 1 aliphatic rings. The highest BCUT2D eigenvalue weighted by Gasteiger charge is 2.29. The third kappa shape index (κ3) is 4.62. The minimum atomic E-state index is 0.0888. The predicted molar refractivity (Wildman–Crippen MR) is 81.4 cm³/mol. The summed E-state index contributed by atoms with van der Waals surface area (Å²) in [6.45, 7) is 6.44. The Morgan fingerprint density at radius 3 is 2.80 bits per heavy atom. The van der Waals surface area contributed by atoms with Crippen LogP contribution in [0.15, 0.2) is 30.3 Å². The quantitative estimate of drug-likeness (QED) is 0.821. The van der Waals surface area contributed by atoms with E-state index in [4.69, 9.17) is 0 Å². The Labute approximate surface area is 121 Å². The summed E-state index contributed by atoms with van der Waals surface area (Å²) < 4.78 is 0. The van der Waals surface area contributed by atoms with Crippen molar-refractivity contribution >= 4 is 5.91 Å². The summed E-state index contributed by atoms with van der Waals surface area (Å²) in [5, 5.41) is 6.36. The SMILES string of the molecule is CN(CC(=O)NCc1ccccc1)CC1(C)CCNC1. The first-order chi connectivity index (χ1) is 9.57. The molecule has 1 amide bonds. The summed E-state index contributed by atoms with van der Waals surface area (Å²) in [6.07, 6.45) is 1.18. The fraction of sp³-hybridized carbons (Fsp3) is 0.562. The second kappa shape index (κ2) is 6.86. The summed E-state index contributed by atoms with van der Waals surface area (Å²) in [4.78, 5) is 14.1. The molecule has 1 saturated heterocycles. The first-order valence-corrected chi connectivity index (χ1v) is 7.27. The highest BCUT2D eigenvalue weighted by molar-refractivity contribution is 5.77. The zero-order chi connectivity index (χ0) is 14.4. The molecule has 0 aliphatic carbocycles. The molecule has 4 nitrogen and oxygen atoms in total. The van der Waals surface area contributed by atoms with Gasteiger partial charge in [0.1, 0.15) is 0 Å². The molecule has 1 aliphatic heterocycles. The van der Waals surface area contributed by atoms with Gasteiger partial charge in [0.2, 0.25) is 5.91 Å². The number of nitrogens with one attached hydrogen (secondary N) is 2. The molecule has 2 N–H and O–H groups in total. The van der Waals surface area contributed by atoms with E-state index in [2.05, 4.69) is 22.5 Å². The van der Waals surface area contributed by atoms with Crippen LogP contribution in [-0.2, 0) is 11.3 Å². The van der Waals surface area contributed by atoms with E-state index in [9.17, 15) is 4.79 Å². The van der Waals surface area contributed by atoms with E-state index in [1.165, 1.54) is 6.42 Å². The lowest BCUT2D eigenvalue weighted by atomic mass is 9.89. The van der Waals surface area contributed by atoms with Crippen LogP contribution in [0, 0.1) is 5.41 Å². The van der Waals surface area contributed by atoms with Crippen molar-refractivity contribution in [3.8, 4) is 0 Å². The molecule has 1 unspecified atom stereocenters.